The molecule has 208 valence electrons. The number of carbonyl (C=O) groups excluding carboxylic acids is 3. The van der Waals surface area contributed by atoms with Crippen LogP contribution in [0.25, 0.3) is 27.9 Å². The van der Waals surface area contributed by atoms with Gasteiger partial charge in [0.25, 0.3) is 17.6 Å². The molecular formula is C29H26N6O5S. The molecule has 0 aliphatic carbocycles. The highest BCUT2D eigenvalue weighted by Gasteiger charge is 2.30. The predicted octanol–water partition coefficient (Wildman–Crippen LogP) is 3.20. The summed E-state index contributed by atoms with van der Waals surface area (Å²) in [6, 6.07) is 11.7. The van der Waals surface area contributed by atoms with Gasteiger partial charge in [-0.05, 0) is 24.0 Å². The number of aliphatic hydroxyl groups is 1. The van der Waals surface area contributed by atoms with Crippen LogP contribution in [0.15, 0.2) is 53.7 Å². The Kier molecular flexibility index (Phi) is 8.19. The number of hydrogen-bond donors (Lipinski definition) is 3. The molecule has 41 heavy (non-hydrogen) atoms. The van der Waals surface area contributed by atoms with Gasteiger partial charge in [0.1, 0.15) is 17.1 Å². The number of benzene rings is 1. The summed E-state index contributed by atoms with van der Waals surface area (Å²) in [6.45, 7) is 0.566. The van der Waals surface area contributed by atoms with Crippen LogP contribution in [0.4, 0.5) is 0 Å². The third kappa shape index (κ3) is 5.45. The number of methoxy groups -OCH3 is 1. The molecule has 1 fully saturated rings. The van der Waals surface area contributed by atoms with Crippen LogP contribution >= 0.6 is 11.3 Å². The maximum absolute atomic E-state index is 13.5. The Morgan fingerprint density at radius 3 is 2.66 bits per heavy atom. The molecule has 4 heterocycles. The molecule has 5 rings (SSSR count). The Labute approximate surface area is 239 Å². The molecule has 3 aromatic heterocycles. The lowest BCUT2D eigenvalue weighted by Crippen LogP contribution is -2.40. The van der Waals surface area contributed by atoms with Crippen molar-refractivity contribution < 1.29 is 24.2 Å². The highest BCUT2D eigenvalue weighted by atomic mass is 32.1. The number of nitrogens with one attached hydrogen (secondary N) is 2. The number of ketones is 1. The van der Waals surface area contributed by atoms with Crippen LogP contribution in [0.3, 0.4) is 0 Å². The number of likely N-dealkylation sites (tertiary alicyclic amines) is 1. The van der Waals surface area contributed by atoms with E-state index in [0.29, 0.717) is 59.5 Å². The average Bonchev–Trinajstić information content (AvgIpc) is 3.69. The van der Waals surface area contributed by atoms with Crippen LogP contribution in [0.2, 0.25) is 0 Å². The first-order valence-electron chi connectivity index (χ1n) is 12.9. The molecule has 0 bridgehead atoms. The van der Waals surface area contributed by atoms with Crippen LogP contribution < -0.4 is 10.1 Å². The minimum Gasteiger partial charge on any atom is -0.494 e. The van der Waals surface area contributed by atoms with Crippen molar-refractivity contribution in [3.8, 4) is 23.2 Å². The number of H-pyrrole nitrogens is 1. The summed E-state index contributed by atoms with van der Waals surface area (Å²) >= 11 is 1.12. The van der Waals surface area contributed by atoms with Gasteiger partial charge in [-0.1, -0.05) is 30.3 Å². The zero-order valence-electron chi connectivity index (χ0n) is 22.1. The molecule has 1 aromatic carbocycles. The quantitative estimate of drug-likeness (QED) is 0.165. The van der Waals surface area contributed by atoms with E-state index in [1.54, 1.807) is 5.38 Å². The number of aliphatic hydroxyl groups excluding tert-OH is 1. The van der Waals surface area contributed by atoms with E-state index in [1.165, 1.54) is 24.4 Å². The molecule has 1 aliphatic rings. The van der Waals surface area contributed by atoms with E-state index >= 15 is 0 Å². The summed E-state index contributed by atoms with van der Waals surface area (Å²) in [5, 5.41) is 23.5. The van der Waals surface area contributed by atoms with Gasteiger partial charge in [-0.2, -0.15) is 5.26 Å². The molecule has 12 heteroatoms. The standard InChI is InChI=1S/C29H26N6O5S/c1-40-22-15-33-24(21-16-41-28(34-21)27(38)31-9-12-36)25-23(22)20(14-32-25)26(37)29(39)35-10-7-18(8-11-35)19(13-30)17-5-3-2-4-6-17/h2-6,14-16,32,36H,7-12H2,1H3,(H,31,38). The van der Waals surface area contributed by atoms with Gasteiger partial charge < -0.3 is 25.0 Å². The van der Waals surface area contributed by atoms with E-state index in [2.05, 4.69) is 26.3 Å². The lowest BCUT2D eigenvalue weighted by molar-refractivity contribution is -0.126. The first-order valence-corrected chi connectivity index (χ1v) is 13.7. The van der Waals surface area contributed by atoms with Crippen molar-refractivity contribution in [1.82, 2.24) is 25.2 Å². The molecule has 2 amide bonds. The number of carbonyl (C=O) groups is 3. The fourth-order valence-corrected chi connectivity index (χ4v) is 5.54. The number of fused-ring (bicyclic) bond motifs is 1. The second-order valence-electron chi connectivity index (χ2n) is 9.22. The van der Waals surface area contributed by atoms with Crippen LogP contribution in [-0.4, -0.2) is 75.9 Å². The monoisotopic (exact) mass is 570 g/mol. The number of amides is 2. The Balaban J connectivity index is 1.39. The number of piperidine rings is 1. The minimum atomic E-state index is -0.690. The van der Waals surface area contributed by atoms with E-state index < -0.39 is 17.6 Å². The zero-order valence-corrected chi connectivity index (χ0v) is 23.0. The average molecular weight is 571 g/mol. The summed E-state index contributed by atoms with van der Waals surface area (Å²) in [5.41, 5.74) is 3.81. The fourth-order valence-electron chi connectivity index (χ4n) is 4.82. The van der Waals surface area contributed by atoms with Crippen molar-refractivity contribution in [3.63, 3.8) is 0 Å². The number of pyridine rings is 1. The predicted molar refractivity (Wildman–Crippen MR) is 152 cm³/mol. The van der Waals surface area contributed by atoms with Crippen molar-refractivity contribution in [3.05, 3.63) is 69.8 Å². The second-order valence-corrected chi connectivity index (χ2v) is 10.1. The van der Waals surface area contributed by atoms with Gasteiger partial charge in [0.15, 0.2) is 5.01 Å². The molecule has 11 nitrogen and oxygen atoms in total. The van der Waals surface area contributed by atoms with Gasteiger partial charge in [0.2, 0.25) is 0 Å². The van der Waals surface area contributed by atoms with Gasteiger partial charge >= 0.3 is 0 Å². The molecule has 4 aromatic rings. The number of aromatic amines is 1. The van der Waals surface area contributed by atoms with Gasteiger partial charge in [0.05, 0.1) is 48.0 Å². The Morgan fingerprint density at radius 1 is 1.22 bits per heavy atom. The van der Waals surface area contributed by atoms with Crippen LogP contribution in [0.1, 0.15) is 38.6 Å². The first-order chi connectivity index (χ1) is 20.0. The van der Waals surface area contributed by atoms with Gasteiger partial charge in [-0.25, -0.2) is 9.97 Å². The summed E-state index contributed by atoms with van der Waals surface area (Å²) in [5.74, 6) is -1.44. The third-order valence-corrected chi connectivity index (χ3v) is 7.69. The number of hydrogen-bond acceptors (Lipinski definition) is 9. The van der Waals surface area contributed by atoms with Gasteiger partial charge in [0, 0.05) is 31.2 Å². The molecule has 0 saturated carbocycles. The zero-order chi connectivity index (χ0) is 28.9. The lowest BCUT2D eigenvalue weighted by Gasteiger charge is -2.28. The van der Waals surface area contributed by atoms with Crippen molar-refractivity contribution >= 4 is 45.4 Å². The van der Waals surface area contributed by atoms with E-state index in [1.807, 2.05) is 30.3 Å². The summed E-state index contributed by atoms with van der Waals surface area (Å²) in [4.78, 5) is 52.4. The maximum atomic E-state index is 13.5. The lowest BCUT2D eigenvalue weighted by atomic mass is 9.93. The van der Waals surface area contributed by atoms with Crippen molar-refractivity contribution in [1.29, 1.82) is 5.26 Å². The van der Waals surface area contributed by atoms with E-state index in [9.17, 15) is 19.6 Å². The van der Waals surface area contributed by atoms with Crippen LogP contribution in [-0.2, 0) is 4.79 Å². The molecule has 0 unspecified atom stereocenters. The number of allylic oxidation sites excluding steroid dienone is 1. The van der Waals surface area contributed by atoms with Crippen LogP contribution in [0.5, 0.6) is 5.75 Å². The molecule has 0 radical (unpaired) electrons. The number of nitriles is 1. The van der Waals surface area contributed by atoms with Crippen molar-refractivity contribution in [2.24, 2.45) is 0 Å². The number of ether oxygens (including phenoxy) is 1. The smallest absolute Gasteiger partial charge is 0.295 e. The molecule has 1 saturated heterocycles. The summed E-state index contributed by atoms with van der Waals surface area (Å²) < 4.78 is 5.47. The van der Waals surface area contributed by atoms with Gasteiger partial charge in [-0.3, -0.25) is 14.4 Å². The van der Waals surface area contributed by atoms with E-state index in [0.717, 1.165) is 22.5 Å². The SMILES string of the molecule is COc1cnc(-c2csc(C(=O)NCCO)n2)c2[nH]cc(C(=O)C(=O)N3CCC(=C(C#N)c4ccccc4)CC3)c12. The second kappa shape index (κ2) is 12.1. The topological polar surface area (TPSA) is 161 Å². The van der Waals surface area contributed by atoms with Crippen molar-refractivity contribution in [2.75, 3.05) is 33.4 Å². The molecule has 3 N–H and O–H groups in total. The maximum Gasteiger partial charge on any atom is 0.295 e. The van der Waals surface area contributed by atoms with E-state index in [-0.39, 0.29) is 23.7 Å². The van der Waals surface area contributed by atoms with Crippen molar-refractivity contribution in [2.45, 2.75) is 12.8 Å². The minimum absolute atomic E-state index is 0.107. The first kappa shape index (κ1) is 27.7. The largest absolute Gasteiger partial charge is 0.494 e. The molecule has 0 atom stereocenters. The third-order valence-electron chi connectivity index (χ3n) is 6.85. The number of rotatable bonds is 8. The molecule has 0 spiro atoms. The summed E-state index contributed by atoms with van der Waals surface area (Å²) in [7, 11) is 1.45. The van der Waals surface area contributed by atoms with E-state index in [4.69, 9.17) is 9.84 Å². The summed E-state index contributed by atoms with van der Waals surface area (Å²) in [6.07, 6.45) is 3.90. The Bertz CT molecular complexity index is 1690. The number of aromatic nitrogens is 3. The van der Waals surface area contributed by atoms with Crippen LogP contribution in [0, 0.1) is 11.3 Å². The number of thiazole rings is 1. The Morgan fingerprint density at radius 2 is 1.98 bits per heavy atom. The highest BCUT2D eigenvalue weighted by Crippen LogP contribution is 2.35. The fraction of sp³-hybridized carbons (Fsp3) is 0.241. The Hall–Kier alpha value is -4.86. The highest BCUT2D eigenvalue weighted by molar-refractivity contribution is 7.12. The van der Waals surface area contributed by atoms with Gasteiger partial charge in [-0.15, -0.1) is 11.3 Å². The number of nitrogens with zero attached hydrogens (tertiary/aromatic N) is 4. The number of Topliss-reactive ketones (excluding diaryl/α,β-unsaturated/α-hetero) is 1. The normalized spacial score (nSPS) is 13.1. The molecule has 1 aliphatic heterocycles. The molecular weight excluding hydrogens is 544 g/mol.